The lowest BCUT2D eigenvalue weighted by Crippen LogP contribution is -2.35. The van der Waals surface area contributed by atoms with Gasteiger partial charge in [0.15, 0.2) is 0 Å². The molecule has 2 unspecified atom stereocenters. The van der Waals surface area contributed by atoms with Crippen LogP contribution in [0.15, 0.2) is 23.9 Å². The van der Waals surface area contributed by atoms with Gasteiger partial charge in [-0.3, -0.25) is 4.79 Å². The molecule has 0 spiro atoms. The largest absolute Gasteiger partial charge is 0.481 e. The first-order valence-electron chi connectivity index (χ1n) is 4.70. The summed E-state index contributed by atoms with van der Waals surface area (Å²) in [7, 11) is 0. The molecule has 5 heteroatoms. The van der Waals surface area contributed by atoms with Gasteiger partial charge in [0.2, 0.25) is 0 Å². The number of rotatable bonds is 2. The summed E-state index contributed by atoms with van der Waals surface area (Å²) in [4.78, 5) is 23.5. The molecule has 0 radical (unpaired) electrons. The van der Waals surface area contributed by atoms with Gasteiger partial charge in [0.05, 0.1) is 5.92 Å². The molecular formula is C10H11NO4. The number of allylic oxidation sites excluding steroid dienone is 2. The van der Waals surface area contributed by atoms with E-state index in [0.717, 1.165) is 0 Å². The Morgan fingerprint density at radius 2 is 2.07 bits per heavy atom. The maximum absolute atomic E-state index is 10.9. The van der Waals surface area contributed by atoms with Crippen LogP contribution in [-0.2, 0) is 9.59 Å². The Morgan fingerprint density at radius 1 is 1.33 bits per heavy atom. The van der Waals surface area contributed by atoms with Crippen LogP contribution in [0.5, 0.6) is 0 Å². The van der Waals surface area contributed by atoms with Crippen molar-refractivity contribution in [1.82, 2.24) is 4.90 Å². The number of carbonyl (C=O) groups is 2. The molecule has 2 aliphatic rings. The number of carboxylic acid groups (broad SMARTS) is 2. The zero-order valence-electron chi connectivity index (χ0n) is 7.96. The Morgan fingerprint density at radius 3 is 2.67 bits per heavy atom. The van der Waals surface area contributed by atoms with Gasteiger partial charge in [0.1, 0.15) is 6.04 Å². The van der Waals surface area contributed by atoms with Gasteiger partial charge in [-0.05, 0) is 12.5 Å². The van der Waals surface area contributed by atoms with Crippen molar-refractivity contribution in [3.63, 3.8) is 0 Å². The molecule has 1 saturated heterocycles. The fourth-order valence-corrected chi connectivity index (χ4v) is 2.10. The van der Waals surface area contributed by atoms with E-state index in [9.17, 15) is 9.59 Å². The van der Waals surface area contributed by atoms with Gasteiger partial charge in [0, 0.05) is 12.2 Å². The highest BCUT2D eigenvalue weighted by Crippen LogP contribution is 2.34. The van der Waals surface area contributed by atoms with Crippen LogP contribution in [0.3, 0.4) is 0 Å². The molecule has 80 valence electrons. The van der Waals surface area contributed by atoms with Crippen molar-refractivity contribution < 1.29 is 19.8 Å². The lowest BCUT2D eigenvalue weighted by atomic mass is 10.0. The predicted octanol–water partition coefficient (Wildman–Crippen LogP) is 0.300. The summed E-state index contributed by atoms with van der Waals surface area (Å²) in [5.41, 5.74) is 0.609. The number of carboxylic acids is 2. The van der Waals surface area contributed by atoms with Crippen LogP contribution < -0.4 is 0 Å². The molecule has 0 aromatic rings. The molecule has 2 aliphatic heterocycles. The maximum atomic E-state index is 10.9. The summed E-state index contributed by atoms with van der Waals surface area (Å²) in [6.45, 7) is 0.479. The van der Waals surface area contributed by atoms with Gasteiger partial charge < -0.3 is 15.1 Å². The zero-order chi connectivity index (χ0) is 11.0. The van der Waals surface area contributed by atoms with Gasteiger partial charge in [-0.1, -0.05) is 12.2 Å². The quantitative estimate of drug-likeness (QED) is 0.683. The molecule has 5 nitrogen and oxygen atoms in total. The highest BCUT2D eigenvalue weighted by Gasteiger charge is 2.43. The van der Waals surface area contributed by atoms with Gasteiger partial charge in [-0.25, -0.2) is 4.79 Å². The molecule has 0 saturated carbocycles. The minimum atomic E-state index is -0.958. The Labute approximate surface area is 86.3 Å². The third-order valence-corrected chi connectivity index (χ3v) is 2.81. The van der Waals surface area contributed by atoms with E-state index in [-0.39, 0.29) is 6.42 Å². The maximum Gasteiger partial charge on any atom is 0.326 e. The second kappa shape index (κ2) is 3.42. The van der Waals surface area contributed by atoms with E-state index in [1.807, 2.05) is 6.08 Å². The Balaban J connectivity index is 2.32. The smallest absolute Gasteiger partial charge is 0.326 e. The fourth-order valence-electron chi connectivity index (χ4n) is 2.10. The van der Waals surface area contributed by atoms with E-state index in [1.54, 1.807) is 17.1 Å². The Bertz CT molecular complexity index is 372. The summed E-state index contributed by atoms with van der Waals surface area (Å²) in [6.07, 6.45) is 5.43. The Hall–Kier alpha value is -1.78. The van der Waals surface area contributed by atoms with Crippen LogP contribution in [0.25, 0.3) is 0 Å². The minimum absolute atomic E-state index is 0.151. The molecule has 2 rings (SSSR count). The average molecular weight is 209 g/mol. The van der Waals surface area contributed by atoms with E-state index in [2.05, 4.69) is 0 Å². The first kappa shape index (κ1) is 9.76. The number of hydrogen-bond acceptors (Lipinski definition) is 3. The highest BCUT2D eigenvalue weighted by molar-refractivity contribution is 5.80. The first-order chi connectivity index (χ1) is 7.11. The molecule has 2 atom stereocenters. The second-order valence-corrected chi connectivity index (χ2v) is 3.65. The van der Waals surface area contributed by atoms with Crippen molar-refractivity contribution in [2.24, 2.45) is 5.92 Å². The second-order valence-electron chi connectivity index (χ2n) is 3.65. The van der Waals surface area contributed by atoms with Crippen molar-refractivity contribution in [3.05, 3.63) is 23.9 Å². The van der Waals surface area contributed by atoms with Crippen molar-refractivity contribution in [2.45, 2.75) is 12.5 Å². The molecule has 2 heterocycles. The number of fused-ring (bicyclic) bond motifs is 1. The van der Waals surface area contributed by atoms with Crippen LogP contribution in [0.1, 0.15) is 6.42 Å². The van der Waals surface area contributed by atoms with Gasteiger partial charge in [-0.2, -0.15) is 0 Å². The molecular weight excluding hydrogens is 198 g/mol. The third kappa shape index (κ3) is 1.49. The lowest BCUT2D eigenvalue weighted by molar-refractivity contribution is -0.142. The van der Waals surface area contributed by atoms with Crippen LogP contribution in [0, 0.1) is 5.92 Å². The summed E-state index contributed by atoms with van der Waals surface area (Å²) in [5, 5.41) is 17.9. The molecule has 0 aromatic carbocycles. The predicted molar refractivity (Wildman–Crippen MR) is 51.1 cm³/mol. The van der Waals surface area contributed by atoms with Crippen LogP contribution in [0.4, 0.5) is 0 Å². The van der Waals surface area contributed by atoms with Crippen molar-refractivity contribution >= 4 is 11.9 Å². The van der Waals surface area contributed by atoms with Gasteiger partial charge >= 0.3 is 11.9 Å². The number of nitrogens with zero attached hydrogens (tertiary/aromatic N) is 1. The summed E-state index contributed by atoms with van der Waals surface area (Å²) in [6, 6.07) is -0.706. The minimum Gasteiger partial charge on any atom is -0.481 e. The highest BCUT2D eigenvalue weighted by atomic mass is 16.4. The molecule has 15 heavy (non-hydrogen) atoms. The standard InChI is InChI=1S/C10H11NO4/c12-9(13)6-5-8(10(14)15)11-4-2-1-3-7(6)11/h1-3,6,8H,4-5H2,(H,12,13)(H,14,15). The normalized spacial score (nSPS) is 28.5. The fraction of sp³-hybridized carbons (Fsp3) is 0.400. The van der Waals surface area contributed by atoms with Crippen LogP contribution >= 0.6 is 0 Å². The van der Waals surface area contributed by atoms with Crippen LogP contribution in [0.2, 0.25) is 0 Å². The van der Waals surface area contributed by atoms with Crippen molar-refractivity contribution in [3.8, 4) is 0 Å². The van der Waals surface area contributed by atoms with E-state index in [4.69, 9.17) is 10.2 Å². The first-order valence-corrected chi connectivity index (χ1v) is 4.70. The van der Waals surface area contributed by atoms with Crippen LogP contribution in [-0.4, -0.2) is 39.6 Å². The number of hydrogen-bond donors (Lipinski definition) is 2. The molecule has 0 bridgehead atoms. The Kier molecular flexibility index (Phi) is 2.22. The number of aliphatic carboxylic acids is 2. The van der Waals surface area contributed by atoms with E-state index in [1.165, 1.54) is 0 Å². The average Bonchev–Trinajstić information content (AvgIpc) is 2.56. The zero-order valence-corrected chi connectivity index (χ0v) is 7.96. The summed E-state index contributed by atoms with van der Waals surface area (Å²) < 4.78 is 0. The SMILES string of the molecule is O=C(O)C1CC(C(=O)O)N2CC=CC=C12. The van der Waals surface area contributed by atoms with E-state index >= 15 is 0 Å². The summed E-state index contributed by atoms with van der Waals surface area (Å²) in [5.74, 6) is -2.60. The molecule has 0 amide bonds. The third-order valence-electron chi connectivity index (χ3n) is 2.81. The molecule has 0 aliphatic carbocycles. The van der Waals surface area contributed by atoms with E-state index < -0.39 is 23.9 Å². The van der Waals surface area contributed by atoms with E-state index in [0.29, 0.717) is 12.2 Å². The summed E-state index contributed by atoms with van der Waals surface area (Å²) >= 11 is 0. The molecule has 2 N–H and O–H groups in total. The topological polar surface area (TPSA) is 77.8 Å². The van der Waals surface area contributed by atoms with Crippen molar-refractivity contribution in [1.29, 1.82) is 0 Å². The lowest BCUT2D eigenvalue weighted by Gasteiger charge is -2.25. The molecule has 1 fully saturated rings. The van der Waals surface area contributed by atoms with Gasteiger partial charge in [0.25, 0.3) is 0 Å². The monoisotopic (exact) mass is 209 g/mol. The molecule has 0 aromatic heterocycles. The van der Waals surface area contributed by atoms with Crippen molar-refractivity contribution in [2.75, 3.05) is 6.54 Å². The van der Waals surface area contributed by atoms with Gasteiger partial charge in [-0.15, -0.1) is 0 Å².